The summed E-state index contributed by atoms with van der Waals surface area (Å²) in [6, 6.07) is 7.93. The van der Waals surface area contributed by atoms with Crippen LogP contribution in [-0.2, 0) is 19.0 Å². The Bertz CT molecular complexity index is 1310. The number of benzene rings is 1. The molecule has 3 aromatic rings. The van der Waals surface area contributed by atoms with Crippen LogP contribution >= 0.6 is 0 Å². The number of ether oxygens (including phenoxy) is 3. The Balaban J connectivity index is 1.23. The second-order valence-electron chi connectivity index (χ2n) is 11.0. The van der Waals surface area contributed by atoms with E-state index < -0.39 is 11.7 Å². The van der Waals surface area contributed by atoms with Gasteiger partial charge in [-0.3, -0.25) is 4.79 Å². The highest BCUT2D eigenvalue weighted by molar-refractivity contribution is 5.83. The molecule has 40 heavy (non-hydrogen) atoms. The minimum absolute atomic E-state index is 0.0711. The van der Waals surface area contributed by atoms with Gasteiger partial charge in [-0.05, 0) is 69.4 Å². The van der Waals surface area contributed by atoms with Crippen LogP contribution in [0.5, 0.6) is 0 Å². The Morgan fingerprint density at radius 3 is 2.58 bits per heavy atom. The van der Waals surface area contributed by atoms with Gasteiger partial charge in [0.1, 0.15) is 5.82 Å². The molecule has 3 aliphatic rings. The summed E-state index contributed by atoms with van der Waals surface area (Å²) in [6.45, 7) is 5.31. The highest BCUT2D eigenvalue weighted by atomic mass is 19.1. The van der Waals surface area contributed by atoms with Gasteiger partial charge in [0, 0.05) is 38.0 Å². The summed E-state index contributed by atoms with van der Waals surface area (Å²) in [5, 5.41) is 3.26. The highest BCUT2D eigenvalue weighted by Crippen LogP contribution is 2.36. The topological polar surface area (TPSA) is 114 Å². The van der Waals surface area contributed by atoms with Gasteiger partial charge in [0.15, 0.2) is 5.82 Å². The maximum atomic E-state index is 13.7. The monoisotopic (exact) mass is 550 g/mol. The van der Waals surface area contributed by atoms with Crippen LogP contribution in [-0.4, -0.2) is 76.3 Å². The number of aromatic amines is 1. The third-order valence-electron chi connectivity index (χ3n) is 7.75. The maximum absolute atomic E-state index is 13.7. The van der Waals surface area contributed by atoms with E-state index in [9.17, 15) is 9.18 Å². The van der Waals surface area contributed by atoms with Crippen LogP contribution in [0.25, 0.3) is 22.6 Å². The average molecular weight is 551 g/mol. The lowest BCUT2D eigenvalue weighted by Gasteiger charge is -2.40. The number of amides is 1. The van der Waals surface area contributed by atoms with Gasteiger partial charge in [0.05, 0.1) is 41.8 Å². The molecule has 0 spiro atoms. The van der Waals surface area contributed by atoms with Gasteiger partial charge < -0.3 is 29.4 Å². The Hall–Kier alpha value is -3.41. The molecule has 5 heterocycles. The van der Waals surface area contributed by atoms with Gasteiger partial charge in [-0.2, -0.15) is 0 Å². The second kappa shape index (κ2) is 11.6. The molecule has 1 aromatic carbocycles. The quantitative estimate of drug-likeness (QED) is 0.447. The van der Waals surface area contributed by atoms with Crippen LogP contribution in [0.3, 0.4) is 0 Å². The van der Waals surface area contributed by atoms with Crippen molar-refractivity contribution < 1.29 is 23.4 Å². The van der Waals surface area contributed by atoms with Crippen LogP contribution < -0.4 is 5.32 Å². The summed E-state index contributed by atoms with van der Waals surface area (Å²) in [4.78, 5) is 32.4. The van der Waals surface area contributed by atoms with E-state index >= 15 is 0 Å². The Kier molecular flexibility index (Phi) is 7.77. The van der Waals surface area contributed by atoms with Crippen molar-refractivity contribution in [2.24, 2.45) is 5.41 Å². The molecule has 3 aliphatic heterocycles. The molecule has 11 heteroatoms. The van der Waals surface area contributed by atoms with E-state index in [-0.39, 0.29) is 31.0 Å². The fourth-order valence-corrected chi connectivity index (χ4v) is 5.47. The van der Waals surface area contributed by atoms with E-state index in [0.29, 0.717) is 41.0 Å². The van der Waals surface area contributed by atoms with Gasteiger partial charge in [-0.15, -0.1) is 0 Å². The molecule has 0 radical (unpaired) electrons. The SMILES string of the molecule is CC1(C(=O)N2CCCCC2)COC(c2nc(-c3ccc(F)cc3)c(-c3ccnc(NCC4CCCO4)n3)[nH]2)OC1. The molecule has 2 aromatic heterocycles. The summed E-state index contributed by atoms with van der Waals surface area (Å²) < 4.78 is 31.6. The first kappa shape index (κ1) is 26.8. The van der Waals surface area contributed by atoms with E-state index in [0.717, 1.165) is 51.8 Å². The van der Waals surface area contributed by atoms with Crippen LogP contribution in [0.2, 0.25) is 0 Å². The van der Waals surface area contributed by atoms with E-state index in [4.69, 9.17) is 24.2 Å². The first-order valence-electron chi connectivity index (χ1n) is 14.1. The molecule has 0 bridgehead atoms. The molecule has 2 N–H and O–H groups in total. The standard InChI is InChI=1S/C29H35FN6O4/c1-29(27(37)36-13-3-2-4-14-36)17-39-26(40-18-29)25-34-23(19-7-9-20(30)10-8-19)24(35-25)22-11-12-31-28(33-22)32-16-21-6-5-15-38-21/h7-12,21,26H,2-6,13-18H2,1H3,(H,34,35)(H,31,32,33). The first-order chi connectivity index (χ1) is 19.5. The predicted molar refractivity (Wildman–Crippen MR) is 146 cm³/mol. The lowest BCUT2D eigenvalue weighted by molar-refractivity contribution is -0.234. The summed E-state index contributed by atoms with van der Waals surface area (Å²) in [5.41, 5.74) is 1.80. The number of carbonyl (C=O) groups is 1. The lowest BCUT2D eigenvalue weighted by Crippen LogP contribution is -2.51. The molecule has 3 fully saturated rings. The van der Waals surface area contributed by atoms with Crippen molar-refractivity contribution in [2.75, 3.05) is 44.8 Å². The number of nitrogens with zero attached hydrogens (tertiary/aromatic N) is 4. The first-order valence-corrected chi connectivity index (χ1v) is 14.1. The molecule has 212 valence electrons. The number of carbonyl (C=O) groups excluding carboxylic acids is 1. The second-order valence-corrected chi connectivity index (χ2v) is 11.0. The number of aromatic nitrogens is 4. The Morgan fingerprint density at radius 2 is 1.85 bits per heavy atom. The highest BCUT2D eigenvalue weighted by Gasteiger charge is 2.43. The fraction of sp³-hybridized carbons (Fsp3) is 0.517. The zero-order valence-electron chi connectivity index (χ0n) is 22.7. The predicted octanol–water partition coefficient (Wildman–Crippen LogP) is 4.33. The number of imidazole rings is 1. The summed E-state index contributed by atoms with van der Waals surface area (Å²) in [5.74, 6) is 0.669. The number of nitrogens with one attached hydrogen (secondary N) is 2. The Morgan fingerprint density at radius 1 is 1.07 bits per heavy atom. The van der Waals surface area contributed by atoms with Crippen molar-refractivity contribution in [3.63, 3.8) is 0 Å². The van der Waals surface area contributed by atoms with Crippen LogP contribution in [0.4, 0.5) is 10.3 Å². The van der Waals surface area contributed by atoms with Crippen LogP contribution in [0.1, 0.15) is 51.1 Å². The van der Waals surface area contributed by atoms with Gasteiger partial charge >= 0.3 is 0 Å². The Labute approximate surface area is 232 Å². The number of hydrogen-bond donors (Lipinski definition) is 2. The lowest BCUT2D eigenvalue weighted by atomic mass is 9.89. The molecule has 6 rings (SSSR count). The zero-order chi connectivity index (χ0) is 27.5. The number of halogens is 1. The minimum atomic E-state index is -0.783. The summed E-state index contributed by atoms with van der Waals surface area (Å²) in [7, 11) is 0. The van der Waals surface area contributed by atoms with Crippen molar-refractivity contribution in [1.29, 1.82) is 0 Å². The molecule has 10 nitrogen and oxygen atoms in total. The van der Waals surface area contributed by atoms with Crippen molar-refractivity contribution in [3.8, 4) is 22.6 Å². The van der Waals surface area contributed by atoms with E-state index in [1.807, 2.05) is 11.8 Å². The third kappa shape index (κ3) is 5.72. The summed E-state index contributed by atoms with van der Waals surface area (Å²) in [6.07, 6.45) is 6.33. The van der Waals surface area contributed by atoms with Crippen LogP contribution in [0, 0.1) is 11.2 Å². The van der Waals surface area contributed by atoms with Gasteiger partial charge in [-0.1, -0.05) is 0 Å². The number of rotatable bonds is 7. The van der Waals surface area contributed by atoms with Crippen molar-refractivity contribution in [1.82, 2.24) is 24.8 Å². The van der Waals surface area contributed by atoms with Gasteiger partial charge in [0.25, 0.3) is 0 Å². The van der Waals surface area contributed by atoms with Gasteiger partial charge in [-0.25, -0.2) is 19.3 Å². The molecule has 1 amide bonds. The zero-order valence-corrected chi connectivity index (χ0v) is 22.7. The van der Waals surface area contributed by atoms with Gasteiger partial charge in [0.2, 0.25) is 18.1 Å². The smallest absolute Gasteiger partial charge is 0.233 e. The molecule has 3 saturated heterocycles. The number of hydrogen-bond acceptors (Lipinski definition) is 8. The number of piperidine rings is 1. The molecule has 1 atom stereocenters. The third-order valence-corrected chi connectivity index (χ3v) is 7.75. The van der Waals surface area contributed by atoms with E-state index in [2.05, 4.69) is 15.3 Å². The van der Waals surface area contributed by atoms with Crippen molar-refractivity contribution in [2.45, 2.75) is 51.4 Å². The van der Waals surface area contributed by atoms with Crippen LogP contribution in [0.15, 0.2) is 36.5 Å². The largest absolute Gasteiger partial charge is 0.376 e. The van der Waals surface area contributed by atoms with E-state index in [1.165, 1.54) is 12.1 Å². The number of H-pyrrole nitrogens is 1. The molecule has 0 saturated carbocycles. The molecular formula is C29H35FN6O4. The van der Waals surface area contributed by atoms with Crippen molar-refractivity contribution in [3.05, 3.63) is 48.2 Å². The van der Waals surface area contributed by atoms with E-state index in [1.54, 1.807) is 24.4 Å². The maximum Gasteiger partial charge on any atom is 0.233 e. The minimum Gasteiger partial charge on any atom is -0.376 e. The molecular weight excluding hydrogens is 515 g/mol. The summed E-state index contributed by atoms with van der Waals surface area (Å²) >= 11 is 0. The average Bonchev–Trinajstić information content (AvgIpc) is 3.68. The normalized spacial score (nSPS) is 25.2. The fourth-order valence-electron chi connectivity index (χ4n) is 5.47. The van der Waals surface area contributed by atoms with Crippen molar-refractivity contribution >= 4 is 11.9 Å². The molecule has 1 unspecified atom stereocenters. The molecule has 0 aliphatic carbocycles. The number of likely N-dealkylation sites (tertiary alicyclic amines) is 1. The number of anilines is 1.